The molecular weight excluding hydrogens is 536 g/mol. The molecule has 4 fully saturated rings. The maximum atomic E-state index is 13.4. The van der Waals surface area contributed by atoms with Crippen LogP contribution in [0.4, 0.5) is 0 Å². The zero-order valence-corrected chi connectivity index (χ0v) is 27.7. The van der Waals surface area contributed by atoms with E-state index in [2.05, 4.69) is 64.2 Å². The van der Waals surface area contributed by atoms with Gasteiger partial charge in [0.25, 0.3) is 0 Å². The molecular formula is C37H54N2O4. The molecule has 4 saturated carbocycles. The van der Waals surface area contributed by atoms with Crippen molar-refractivity contribution in [3.05, 3.63) is 48.0 Å². The highest BCUT2D eigenvalue weighted by Crippen LogP contribution is 2.87. The molecule has 2 spiro atoms. The summed E-state index contributed by atoms with van der Waals surface area (Å²) in [6, 6.07) is 9.67. The number of benzene rings is 1. The van der Waals surface area contributed by atoms with Gasteiger partial charge >= 0.3 is 5.97 Å². The summed E-state index contributed by atoms with van der Waals surface area (Å²) < 4.78 is 6.49. The molecule has 43 heavy (non-hydrogen) atoms. The maximum Gasteiger partial charge on any atom is 0.338 e. The SMILES string of the molecule is CC(C)C(=O)N[C@H]1CC[C@]23C[C@]24CC[C@]2(C)[C@@H](C(C)N(C)C)[C@H](OC(=O)c5ccccc5)C[C@@]2(C)[C@@H]4C=CC3[C@]1(C)CO. The zero-order chi connectivity index (χ0) is 31.2. The first-order valence-electron chi connectivity index (χ1n) is 16.7. The average molecular weight is 591 g/mol. The summed E-state index contributed by atoms with van der Waals surface area (Å²) >= 11 is 0. The normalized spacial score (nSPS) is 45.0. The Kier molecular flexibility index (Phi) is 7.29. The van der Waals surface area contributed by atoms with Gasteiger partial charge in [-0.3, -0.25) is 4.79 Å². The van der Waals surface area contributed by atoms with Gasteiger partial charge < -0.3 is 20.1 Å². The van der Waals surface area contributed by atoms with Crippen LogP contribution in [-0.2, 0) is 9.53 Å². The summed E-state index contributed by atoms with van der Waals surface area (Å²) in [7, 11) is 4.30. The van der Waals surface area contributed by atoms with E-state index >= 15 is 0 Å². The first-order valence-corrected chi connectivity index (χ1v) is 16.7. The third kappa shape index (κ3) is 4.10. The van der Waals surface area contributed by atoms with Crippen molar-refractivity contribution in [2.45, 2.75) is 98.3 Å². The van der Waals surface area contributed by atoms with E-state index in [-0.39, 0.29) is 81.5 Å². The van der Waals surface area contributed by atoms with Crippen LogP contribution < -0.4 is 5.32 Å². The Hall–Kier alpha value is -2.18. The molecule has 2 N–H and O–H groups in total. The van der Waals surface area contributed by atoms with Crippen LogP contribution >= 0.6 is 0 Å². The van der Waals surface area contributed by atoms with Crippen LogP contribution in [0, 0.1) is 50.7 Å². The third-order valence-electron chi connectivity index (χ3n) is 14.2. The number of carbonyl (C=O) groups is 2. The van der Waals surface area contributed by atoms with Crippen molar-refractivity contribution in [3.8, 4) is 0 Å². The smallest absolute Gasteiger partial charge is 0.338 e. The standard InChI is InChI=1S/C37H54N2O4/c1-23(2)31(41)38-29-16-17-36-21-37(36)19-18-34(5)30(24(3)39(7)8)26(43-32(42)25-12-10-9-11-13-25)20-35(34,6)28(37)15-14-27(36)33(29,4)22-40/h9-15,23-24,26-30,40H,16-22H2,1-8H3,(H,38,41)/t24?,26-,27?,28+,29+,30+,33+,34-,35+,36-,37+/m1/s1. The molecule has 1 amide bonds. The van der Waals surface area contributed by atoms with Gasteiger partial charge in [-0.2, -0.15) is 0 Å². The maximum absolute atomic E-state index is 13.4. The van der Waals surface area contributed by atoms with Crippen molar-refractivity contribution in [1.29, 1.82) is 0 Å². The van der Waals surface area contributed by atoms with Crippen molar-refractivity contribution in [1.82, 2.24) is 10.2 Å². The Labute approximate surface area is 259 Å². The molecule has 2 unspecified atom stereocenters. The van der Waals surface area contributed by atoms with E-state index in [1.54, 1.807) is 0 Å². The van der Waals surface area contributed by atoms with Gasteiger partial charge in [0.1, 0.15) is 6.10 Å². The first kappa shape index (κ1) is 30.8. The number of ether oxygens (including phenoxy) is 1. The lowest BCUT2D eigenvalue weighted by Crippen LogP contribution is -2.61. The Balaban J connectivity index is 1.36. The average Bonchev–Trinajstić information content (AvgIpc) is 3.58. The van der Waals surface area contributed by atoms with Gasteiger partial charge in [0.2, 0.25) is 5.91 Å². The lowest BCUT2D eigenvalue weighted by molar-refractivity contribution is -0.131. The van der Waals surface area contributed by atoms with Crippen LogP contribution in [-0.4, -0.2) is 60.8 Å². The molecule has 0 heterocycles. The highest BCUT2D eigenvalue weighted by molar-refractivity contribution is 5.89. The molecule has 6 rings (SSSR count). The number of hydrogen-bond acceptors (Lipinski definition) is 5. The zero-order valence-electron chi connectivity index (χ0n) is 27.7. The summed E-state index contributed by atoms with van der Waals surface area (Å²) in [5.74, 6) is 0.653. The molecule has 11 atom stereocenters. The van der Waals surface area contributed by atoms with E-state index in [9.17, 15) is 14.7 Å². The summed E-state index contributed by atoms with van der Waals surface area (Å²) in [6.45, 7) is 13.5. The minimum Gasteiger partial charge on any atom is -0.458 e. The van der Waals surface area contributed by atoms with Crippen molar-refractivity contribution in [2.24, 2.45) is 50.7 Å². The first-order chi connectivity index (χ1) is 20.2. The number of aliphatic hydroxyl groups is 1. The van der Waals surface area contributed by atoms with Crippen LogP contribution in [0.15, 0.2) is 42.5 Å². The summed E-state index contributed by atoms with van der Waals surface area (Å²) in [4.78, 5) is 28.5. The van der Waals surface area contributed by atoms with Gasteiger partial charge in [-0.05, 0) is 105 Å². The second-order valence-corrected chi connectivity index (χ2v) is 16.3. The molecule has 1 aromatic rings. The lowest BCUT2D eigenvalue weighted by Gasteiger charge is -2.61. The van der Waals surface area contributed by atoms with Crippen LogP contribution in [0.3, 0.4) is 0 Å². The van der Waals surface area contributed by atoms with E-state index in [0.29, 0.717) is 11.5 Å². The van der Waals surface area contributed by atoms with Crippen LogP contribution in [0.25, 0.3) is 0 Å². The molecule has 236 valence electrons. The highest BCUT2D eigenvalue weighted by Gasteiger charge is 2.82. The summed E-state index contributed by atoms with van der Waals surface area (Å²) in [5, 5.41) is 14.2. The molecule has 1 aromatic carbocycles. The van der Waals surface area contributed by atoms with E-state index in [0.717, 1.165) is 25.7 Å². The van der Waals surface area contributed by atoms with Crippen molar-refractivity contribution < 1.29 is 19.4 Å². The van der Waals surface area contributed by atoms with Crippen molar-refractivity contribution in [3.63, 3.8) is 0 Å². The summed E-state index contributed by atoms with van der Waals surface area (Å²) in [5.41, 5.74) is 0.582. The molecule has 0 bridgehead atoms. The molecule has 6 nitrogen and oxygen atoms in total. The number of nitrogens with one attached hydrogen (secondary N) is 1. The predicted molar refractivity (Wildman–Crippen MR) is 169 cm³/mol. The van der Waals surface area contributed by atoms with Crippen molar-refractivity contribution >= 4 is 11.9 Å². The van der Waals surface area contributed by atoms with E-state index in [1.165, 1.54) is 12.8 Å². The van der Waals surface area contributed by atoms with Crippen LogP contribution in [0.1, 0.15) is 90.4 Å². The monoisotopic (exact) mass is 590 g/mol. The number of nitrogens with zero attached hydrogens (tertiary/aromatic N) is 1. The molecule has 5 aliphatic carbocycles. The topological polar surface area (TPSA) is 78.9 Å². The van der Waals surface area contributed by atoms with Gasteiger partial charge in [0.15, 0.2) is 0 Å². The fourth-order valence-corrected chi connectivity index (χ4v) is 11.4. The van der Waals surface area contributed by atoms with Crippen LogP contribution in [0.2, 0.25) is 0 Å². The van der Waals surface area contributed by atoms with Gasteiger partial charge in [-0.15, -0.1) is 0 Å². The Morgan fingerprint density at radius 3 is 2.26 bits per heavy atom. The number of amides is 1. The Bertz CT molecular complexity index is 1290. The minimum atomic E-state index is -0.388. The Morgan fingerprint density at radius 1 is 0.977 bits per heavy atom. The number of rotatable bonds is 7. The largest absolute Gasteiger partial charge is 0.458 e. The fourth-order valence-electron chi connectivity index (χ4n) is 11.4. The van der Waals surface area contributed by atoms with Gasteiger partial charge in [-0.1, -0.05) is 65.0 Å². The number of aliphatic hydroxyl groups excluding tert-OH is 1. The van der Waals surface area contributed by atoms with Gasteiger partial charge in [0, 0.05) is 29.3 Å². The van der Waals surface area contributed by atoms with Crippen molar-refractivity contribution in [2.75, 3.05) is 20.7 Å². The third-order valence-corrected chi connectivity index (χ3v) is 14.2. The summed E-state index contributed by atoms with van der Waals surface area (Å²) in [6.07, 6.45) is 11.2. The quantitative estimate of drug-likeness (QED) is 0.296. The number of fused-ring (bicyclic) bond motifs is 2. The molecule has 5 aliphatic rings. The number of allylic oxidation sites excluding steroid dienone is 2. The lowest BCUT2D eigenvalue weighted by atomic mass is 9.43. The molecule has 0 aliphatic heterocycles. The number of carbonyl (C=O) groups excluding carboxylic acids is 2. The van der Waals surface area contributed by atoms with Gasteiger partial charge in [-0.25, -0.2) is 4.79 Å². The van der Waals surface area contributed by atoms with Gasteiger partial charge in [0.05, 0.1) is 12.2 Å². The van der Waals surface area contributed by atoms with E-state index < -0.39 is 0 Å². The number of hydrogen-bond donors (Lipinski definition) is 2. The minimum absolute atomic E-state index is 0.0118. The molecule has 6 heteroatoms. The van der Waals surface area contributed by atoms with Crippen LogP contribution in [0.5, 0.6) is 0 Å². The number of esters is 1. The second kappa shape index (κ2) is 10.2. The molecule has 0 radical (unpaired) electrons. The second-order valence-electron chi connectivity index (χ2n) is 16.3. The predicted octanol–water partition coefficient (Wildman–Crippen LogP) is 6.10. The highest BCUT2D eigenvalue weighted by atomic mass is 16.5. The molecule has 0 aromatic heterocycles. The Morgan fingerprint density at radius 2 is 1.63 bits per heavy atom. The fraction of sp³-hybridized carbons (Fsp3) is 0.730. The van der Waals surface area contributed by atoms with E-state index in [4.69, 9.17) is 4.74 Å². The van der Waals surface area contributed by atoms with E-state index in [1.807, 2.05) is 44.2 Å². The molecule has 0 saturated heterocycles.